The number of sulfone groups is 1. The highest BCUT2D eigenvalue weighted by atomic mass is 32.2. The smallest absolute Gasteiger partial charge is 0.315 e. The van der Waals surface area contributed by atoms with Gasteiger partial charge >= 0.3 is 6.03 Å². The molecule has 1 heterocycles. The first-order chi connectivity index (χ1) is 25.3. The molecule has 4 N–H and O–H groups in total. The molecular formula is C41H67N5O7S. The number of carbonyl (C=O) groups is 5. The molecule has 304 valence electrons. The van der Waals surface area contributed by atoms with E-state index in [9.17, 15) is 27.6 Å². The van der Waals surface area contributed by atoms with Crippen LogP contribution in [0, 0.1) is 28.6 Å². The molecule has 1 unspecified atom stereocenters. The summed E-state index contributed by atoms with van der Waals surface area (Å²) in [7, 11) is -3.57. The Morgan fingerprint density at radius 2 is 1.46 bits per heavy atom. The largest absolute Gasteiger partial charge is 0.347 e. The summed E-state index contributed by atoms with van der Waals surface area (Å²) < 4.78 is 26.5. The van der Waals surface area contributed by atoms with Gasteiger partial charge in [0.15, 0.2) is 9.84 Å². The van der Waals surface area contributed by atoms with E-state index in [1.165, 1.54) is 0 Å². The van der Waals surface area contributed by atoms with Crippen molar-refractivity contribution in [2.24, 2.45) is 28.6 Å². The first-order valence-corrected chi connectivity index (χ1v) is 22.7. The fourth-order valence-electron chi connectivity index (χ4n) is 9.86. The summed E-state index contributed by atoms with van der Waals surface area (Å²) in [6.45, 7) is 11.9. The van der Waals surface area contributed by atoms with Crippen LogP contribution in [0.3, 0.4) is 0 Å². The van der Waals surface area contributed by atoms with E-state index in [4.69, 9.17) is 0 Å². The molecule has 12 nitrogen and oxygen atoms in total. The van der Waals surface area contributed by atoms with Crippen LogP contribution >= 0.6 is 0 Å². The number of hydrogen-bond donors (Lipinski definition) is 4. The lowest BCUT2D eigenvalue weighted by Gasteiger charge is -2.44. The van der Waals surface area contributed by atoms with Crippen LogP contribution in [-0.2, 0) is 29.0 Å². The van der Waals surface area contributed by atoms with Crippen molar-refractivity contribution in [3.05, 3.63) is 0 Å². The van der Waals surface area contributed by atoms with Crippen LogP contribution in [0.4, 0.5) is 4.79 Å². The Bertz CT molecular complexity index is 1570. The quantitative estimate of drug-likeness (QED) is 0.161. The van der Waals surface area contributed by atoms with Crippen molar-refractivity contribution in [3.63, 3.8) is 0 Å². The second kappa shape index (κ2) is 15.3. The number of likely N-dealkylation sites (tertiary alicyclic amines) is 1. The van der Waals surface area contributed by atoms with Gasteiger partial charge in [0.25, 0.3) is 5.91 Å². The van der Waals surface area contributed by atoms with Gasteiger partial charge in [0.1, 0.15) is 12.1 Å². The lowest BCUT2D eigenvalue weighted by atomic mass is 9.70. The van der Waals surface area contributed by atoms with Crippen molar-refractivity contribution >= 4 is 39.4 Å². The molecule has 5 atom stereocenters. The summed E-state index contributed by atoms with van der Waals surface area (Å²) in [5.74, 6) is -1.72. The van der Waals surface area contributed by atoms with Crippen LogP contribution in [0.2, 0.25) is 0 Å². The Morgan fingerprint density at radius 1 is 0.852 bits per heavy atom. The molecule has 1 aliphatic heterocycles. The molecular weight excluding hydrogens is 707 g/mol. The number of Topliss-reactive ketones (excluding diaryl/α,β-unsaturated/α-hetero) is 1. The molecule has 0 spiro atoms. The maximum atomic E-state index is 15.0. The molecule has 0 radical (unpaired) electrons. The predicted molar refractivity (Wildman–Crippen MR) is 207 cm³/mol. The number of nitrogens with one attached hydrogen (secondary N) is 4. The monoisotopic (exact) mass is 773 g/mol. The molecule has 0 aromatic carbocycles. The van der Waals surface area contributed by atoms with E-state index in [1.54, 1.807) is 18.7 Å². The molecule has 0 aromatic heterocycles. The maximum Gasteiger partial charge on any atom is 0.315 e. The molecule has 0 aromatic rings. The van der Waals surface area contributed by atoms with E-state index in [0.29, 0.717) is 38.1 Å². The number of urea groups is 1. The van der Waals surface area contributed by atoms with Gasteiger partial charge in [-0.25, -0.2) is 13.2 Å². The first-order valence-electron chi connectivity index (χ1n) is 21.1. The van der Waals surface area contributed by atoms with E-state index in [2.05, 4.69) is 35.1 Å². The SMILES string of the molecule is CCC(C)(C)S(=O)(=O)CC1(NC(=O)N[C@H](C(=O)N2C[C@H]3[C@@H]([C@H]2C(=O)NC(CCC2CC2)C(=O)C(=O)NC2CC2)C3(C)C)C2(C)CCCCC2)CCCCC1. The first kappa shape index (κ1) is 40.9. The fourth-order valence-corrected chi connectivity index (χ4v) is 11.8. The topological polar surface area (TPSA) is 171 Å². The lowest BCUT2D eigenvalue weighted by molar-refractivity contribution is -0.146. The van der Waals surface area contributed by atoms with Crippen molar-refractivity contribution in [3.8, 4) is 0 Å². The Balaban J connectivity index is 1.23. The minimum Gasteiger partial charge on any atom is -0.347 e. The number of nitrogens with zero attached hydrogens (tertiary/aromatic N) is 1. The van der Waals surface area contributed by atoms with Gasteiger partial charge in [-0.05, 0) is 100 Å². The number of carbonyl (C=O) groups excluding carboxylic acids is 5. The second-order valence-corrected chi connectivity index (χ2v) is 22.2. The highest BCUT2D eigenvalue weighted by Crippen LogP contribution is 2.65. The van der Waals surface area contributed by atoms with Crippen LogP contribution < -0.4 is 21.3 Å². The number of fused-ring (bicyclic) bond motifs is 1. The van der Waals surface area contributed by atoms with Gasteiger partial charge in [-0.2, -0.15) is 0 Å². The minimum absolute atomic E-state index is 0.0144. The predicted octanol–water partition coefficient (Wildman–Crippen LogP) is 4.94. The zero-order chi connectivity index (χ0) is 39.3. The molecule has 6 fully saturated rings. The van der Waals surface area contributed by atoms with Crippen LogP contribution in [-0.4, -0.2) is 89.6 Å². The average molecular weight is 774 g/mol. The third-order valence-corrected chi connectivity index (χ3v) is 17.6. The van der Waals surface area contributed by atoms with Gasteiger partial charge < -0.3 is 26.2 Å². The van der Waals surface area contributed by atoms with Crippen molar-refractivity contribution in [1.82, 2.24) is 26.2 Å². The Labute approximate surface area is 323 Å². The molecule has 0 bridgehead atoms. The third kappa shape index (κ3) is 8.65. The number of piperidine rings is 1. The zero-order valence-corrected chi connectivity index (χ0v) is 34.5. The molecule has 5 saturated carbocycles. The Hall–Kier alpha value is -2.70. The zero-order valence-electron chi connectivity index (χ0n) is 33.7. The summed E-state index contributed by atoms with van der Waals surface area (Å²) in [6, 6.07) is -3.28. The van der Waals surface area contributed by atoms with Crippen molar-refractivity contribution in [2.75, 3.05) is 12.3 Å². The van der Waals surface area contributed by atoms with E-state index >= 15 is 4.79 Å². The molecule has 1 saturated heterocycles. The summed E-state index contributed by atoms with van der Waals surface area (Å²) in [5, 5.41) is 12.0. The highest BCUT2D eigenvalue weighted by Gasteiger charge is 2.70. The van der Waals surface area contributed by atoms with Gasteiger partial charge in [0, 0.05) is 12.6 Å². The molecule has 5 aliphatic carbocycles. The van der Waals surface area contributed by atoms with Gasteiger partial charge in [-0.3, -0.25) is 19.2 Å². The summed E-state index contributed by atoms with van der Waals surface area (Å²) >= 11 is 0. The van der Waals surface area contributed by atoms with Crippen molar-refractivity contribution < 1.29 is 32.4 Å². The van der Waals surface area contributed by atoms with Crippen LogP contribution in [0.15, 0.2) is 0 Å². The van der Waals surface area contributed by atoms with Crippen LogP contribution in [0.5, 0.6) is 0 Å². The molecule has 6 rings (SSSR count). The van der Waals surface area contributed by atoms with E-state index < -0.39 is 67.3 Å². The number of ketones is 1. The highest BCUT2D eigenvalue weighted by molar-refractivity contribution is 7.92. The second-order valence-electron chi connectivity index (χ2n) is 19.5. The summed E-state index contributed by atoms with van der Waals surface area (Å²) in [6.07, 6.45) is 13.4. The Morgan fingerprint density at radius 3 is 2.04 bits per heavy atom. The maximum absolute atomic E-state index is 15.0. The van der Waals surface area contributed by atoms with Gasteiger partial charge in [-0.1, -0.05) is 79.1 Å². The Kier molecular flexibility index (Phi) is 11.6. The fraction of sp³-hybridized carbons (Fsp3) is 0.878. The van der Waals surface area contributed by atoms with Gasteiger partial charge in [0.05, 0.1) is 22.1 Å². The van der Waals surface area contributed by atoms with Crippen LogP contribution in [0.1, 0.15) is 151 Å². The molecule has 54 heavy (non-hydrogen) atoms. The third-order valence-electron chi connectivity index (χ3n) is 14.7. The van der Waals surface area contributed by atoms with Crippen LogP contribution in [0.25, 0.3) is 0 Å². The molecule has 13 heteroatoms. The molecule has 5 amide bonds. The van der Waals surface area contributed by atoms with E-state index in [1.807, 2.05) is 13.8 Å². The van der Waals surface area contributed by atoms with Crippen molar-refractivity contribution in [2.45, 2.75) is 185 Å². The average Bonchev–Trinajstić information content (AvgIpc) is 4.08. The summed E-state index contributed by atoms with van der Waals surface area (Å²) in [4.78, 5) is 71.6. The number of amides is 5. The number of rotatable bonds is 16. The molecule has 6 aliphatic rings. The minimum atomic E-state index is -3.57. The van der Waals surface area contributed by atoms with Gasteiger partial charge in [-0.15, -0.1) is 0 Å². The number of hydrogen-bond acceptors (Lipinski definition) is 7. The van der Waals surface area contributed by atoms with Gasteiger partial charge in [0.2, 0.25) is 17.6 Å². The van der Waals surface area contributed by atoms with Crippen molar-refractivity contribution in [1.29, 1.82) is 0 Å². The lowest BCUT2D eigenvalue weighted by Crippen LogP contribution is -2.65. The normalized spacial score (nSPS) is 28.2. The van der Waals surface area contributed by atoms with E-state index in [0.717, 1.165) is 83.5 Å². The standard InChI is InChI=1S/C41H67N5O7S/c1-7-38(2,3)54(52,53)25-41(22-12-9-13-23-41)45-37(51)44-33(40(6)20-10-8-11-21-40)36(50)46-24-28-30(39(28,4)5)31(46)34(48)43-29(19-16-26-14-15-26)32(47)35(49)42-27-17-18-27/h26-31,33H,7-25H2,1-6H3,(H,42,49)(H,43,48)(H2,44,45,51)/t28-,29?,30-,31-,33+/m0/s1. The van der Waals surface area contributed by atoms with E-state index in [-0.39, 0.29) is 35.0 Å². The summed E-state index contributed by atoms with van der Waals surface area (Å²) in [5.41, 5.74) is -1.70.